The van der Waals surface area contributed by atoms with Gasteiger partial charge in [0.05, 0.1) is 0 Å². The van der Waals surface area contributed by atoms with Gasteiger partial charge in [-0.25, -0.2) is 4.79 Å². The second-order valence-electron chi connectivity index (χ2n) is 5.83. The molecule has 0 aliphatic carbocycles. The summed E-state index contributed by atoms with van der Waals surface area (Å²) in [6.45, 7) is 6.17. The largest absolute Gasteiger partial charge is 0.444 e. The molecule has 1 aromatic rings. The van der Waals surface area contributed by atoms with E-state index in [4.69, 9.17) is 4.74 Å². The van der Waals surface area contributed by atoms with Crippen molar-refractivity contribution >= 4 is 23.4 Å². The van der Waals surface area contributed by atoms with E-state index in [1.165, 1.54) is 0 Å². The Hall–Kier alpha value is -2.04. The molecule has 0 atom stereocenters. The fourth-order valence-electron chi connectivity index (χ4n) is 2.09. The molecule has 1 aromatic carbocycles. The summed E-state index contributed by atoms with van der Waals surface area (Å²) in [5.74, 6) is 0.124. The van der Waals surface area contributed by atoms with Crippen LogP contribution >= 0.6 is 0 Å². The van der Waals surface area contributed by atoms with Crippen LogP contribution in [0.3, 0.4) is 0 Å². The number of hydrogen-bond acceptors (Lipinski definition) is 3. The quantitative estimate of drug-likeness (QED) is 0.902. The molecule has 2 amide bonds. The minimum Gasteiger partial charge on any atom is -0.444 e. The molecule has 5 heteroatoms. The summed E-state index contributed by atoms with van der Waals surface area (Å²) in [7, 11) is 0. The van der Waals surface area contributed by atoms with E-state index >= 15 is 0 Å². The van der Waals surface area contributed by atoms with Crippen LogP contribution in [-0.4, -0.2) is 24.1 Å². The first-order valence-electron chi connectivity index (χ1n) is 6.75. The first-order valence-corrected chi connectivity index (χ1v) is 6.75. The van der Waals surface area contributed by atoms with E-state index in [1.54, 1.807) is 17.0 Å². The zero-order chi connectivity index (χ0) is 14.8. The average molecular weight is 276 g/mol. The van der Waals surface area contributed by atoms with Gasteiger partial charge in [-0.1, -0.05) is 6.07 Å². The molecule has 2 rings (SSSR count). The molecule has 1 fully saturated rings. The molecule has 108 valence electrons. The molecular formula is C15H20N2O3. The number of amides is 2. The molecular weight excluding hydrogens is 256 g/mol. The van der Waals surface area contributed by atoms with Crippen molar-refractivity contribution in [3.63, 3.8) is 0 Å². The van der Waals surface area contributed by atoms with Crippen LogP contribution in [0.1, 0.15) is 33.6 Å². The second kappa shape index (κ2) is 5.53. The van der Waals surface area contributed by atoms with Crippen molar-refractivity contribution in [2.45, 2.75) is 39.2 Å². The molecule has 1 aliphatic rings. The van der Waals surface area contributed by atoms with E-state index < -0.39 is 11.7 Å². The third-order valence-electron chi connectivity index (χ3n) is 2.88. The summed E-state index contributed by atoms with van der Waals surface area (Å²) < 4.78 is 5.20. The molecule has 0 radical (unpaired) electrons. The Morgan fingerprint density at radius 2 is 2.10 bits per heavy atom. The number of nitrogens with one attached hydrogen (secondary N) is 1. The van der Waals surface area contributed by atoms with Gasteiger partial charge in [0.2, 0.25) is 5.91 Å². The standard InChI is InChI=1S/C15H20N2O3/c1-15(2,3)20-14(19)16-11-6-4-7-12(10-11)17-9-5-8-13(17)18/h4,6-7,10H,5,8-9H2,1-3H3,(H,16,19). The molecule has 1 heterocycles. The van der Waals surface area contributed by atoms with Gasteiger partial charge in [-0.3, -0.25) is 10.1 Å². The normalized spacial score (nSPS) is 15.3. The molecule has 0 unspecified atom stereocenters. The van der Waals surface area contributed by atoms with Crippen molar-refractivity contribution in [1.82, 2.24) is 0 Å². The Balaban J connectivity index is 2.06. The third-order valence-corrected chi connectivity index (χ3v) is 2.88. The molecule has 0 aromatic heterocycles. The van der Waals surface area contributed by atoms with Crippen LogP contribution in [0.15, 0.2) is 24.3 Å². The van der Waals surface area contributed by atoms with Gasteiger partial charge < -0.3 is 9.64 Å². The summed E-state index contributed by atoms with van der Waals surface area (Å²) in [4.78, 5) is 25.2. The van der Waals surface area contributed by atoms with Gasteiger partial charge in [0, 0.05) is 24.3 Å². The highest BCUT2D eigenvalue weighted by molar-refractivity contribution is 5.96. The van der Waals surface area contributed by atoms with Crippen LogP contribution in [0.5, 0.6) is 0 Å². The number of rotatable bonds is 2. The number of benzene rings is 1. The van der Waals surface area contributed by atoms with Gasteiger partial charge in [0.15, 0.2) is 0 Å². The first-order chi connectivity index (χ1) is 9.35. The smallest absolute Gasteiger partial charge is 0.412 e. The number of carbonyl (C=O) groups excluding carboxylic acids is 2. The van der Waals surface area contributed by atoms with Crippen LogP contribution in [-0.2, 0) is 9.53 Å². The predicted octanol–water partition coefficient (Wildman–Crippen LogP) is 3.16. The van der Waals surface area contributed by atoms with Crippen molar-refractivity contribution in [2.75, 3.05) is 16.8 Å². The van der Waals surface area contributed by atoms with Gasteiger partial charge in [-0.2, -0.15) is 0 Å². The Labute approximate surface area is 118 Å². The summed E-state index contributed by atoms with van der Waals surface area (Å²) in [6.07, 6.45) is 0.967. The molecule has 0 spiro atoms. The Morgan fingerprint density at radius 3 is 2.70 bits per heavy atom. The highest BCUT2D eigenvalue weighted by Crippen LogP contribution is 2.24. The van der Waals surface area contributed by atoms with Crippen LogP contribution in [0.2, 0.25) is 0 Å². The lowest BCUT2D eigenvalue weighted by atomic mass is 10.2. The highest BCUT2D eigenvalue weighted by atomic mass is 16.6. The topological polar surface area (TPSA) is 58.6 Å². The van der Waals surface area contributed by atoms with Crippen LogP contribution in [0.4, 0.5) is 16.2 Å². The van der Waals surface area contributed by atoms with Crippen molar-refractivity contribution in [3.8, 4) is 0 Å². The van der Waals surface area contributed by atoms with E-state index in [-0.39, 0.29) is 5.91 Å². The van der Waals surface area contributed by atoms with Crippen LogP contribution < -0.4 is 10.2 Å². The molecule has 0 saturated carbocycles. The lowest BCUT2D eigenvalue weighted by Gasteiger charge is -2.20. The van der Waals surface area contributed by atoms with Crippen molar-refractivity contribution in [1.29, 1.82) is 0 Å². The van der Waals surface area contributed by atoms with Gasteiger partial charge in [0.25, 0.3) is 0 Å². The molecule has 1 saturated heterocycles. The van der Waals surface area contributed by atoms with Gasteiger partial charge in [0.1, 0.15) is 5.60 Å². The Kier molecular flexibility index (Phi) is 3.97. The van der Waals surface area contributed by atoms with E-state index in [0.29, 0.717) is 12.1 Å². The average Bonchev–Trinajstić information content (AvgIpc) is 2.73. The van der Waals surface area contributed by atoms with E-state index in [0.717, 1.165) is 18.7 Å². The van der Waals surface area contributed by atoms with Crippen molar-refractivity contribution < 1.29 is 14.3 Å². The number of nitrogens with zero attached hydrogens (tertiary/aromatic N) is 1. The number of ether oxygens (including phenoxy) is 1. The van der Waals surface area contributed by atoms with Crippen LogP contribution in [0.25, 0.3) is 0 Å². The number of anilines is 2. The maximum absolute atomic E-state index is 11.7. The zero-order valence-corrected chi connectivity index (χ0v) is 12.1. The third kappa shape index (κ3) is 3.73. The lowest BCUT2D eigenvalue weighted by Crippen LogP contribution is -2.27. The fraction of sp³-hybridized carbons (Fsp3) is 0.467. The monoisotopic (exact) mass is 276 g/mol. The van der Waals surface area contributed by atoms with Crippen molar-refractivity contribution in [2.24, 2.45) is 0 Å². The minimum absolute atomic E-state index is 0.124. The van der Waals surface area contributed by atoms with Gasteiger partial charge in [-0.05, 0) is 45.4 Å². The summed E-state index contributed by atoms with van der Waals surface area (Å²) in [5, 5.41) is 2.68. The van der Waals surface area contributed by atoms with E-state index in [1.807, 2.05) is 32.9 Å². The fourth-order valence-corrected chi connectivity index (χ4v) is 2.09. The lowest BCUT2D eigenvalue weighted by molar-refractivity contribution is -0.117. The molecule has 1 aliphatic heterocycles. The van der Waals surface area contributed by atoms with E-state index in [2.05, 4.69) is 5.32 Å². The molecule has 0 bridgehead atoms. The first kappa shape index (κ1) is 14.4. The van der Waals surface area contributed by atoms with Crippen LogP contribution in [0, 0.1) is 0 Å². The molecule has 1 N–H and O–H groups in total. The number of hydrogen-bond donors (Lipinski definition) is 1. The SMILES string of the molecule is CC(C)(C)OC(=O)Nc1cccc(N2CCCC2=O)c1. The predicted molar refractivity (Wildman–Crippen MR) is 77.9 cm³/mol. The zero-order valence-electron chi connectivity index (χ0n) is 12.1. The summed E-state index contributed by atoms with van der Waals surface area (Å²) >= 11 is 0. The van der Waals surface area contributed by atoms with Gasteiger partial charge >= 0.3 is 6.09 Å². The highest BCUT2D eigenvalue weighted by Gasteiger charge is 2.22. The Morgan fingerprint density at radius 1 is 1.35 bits per heavy atom. The maximum atomic E-state index is 11.7. The van der Waals surface area contributed by atoms with Gasteiger partial charge in [-0.15, -0.1) is 0 Å². The van der Waals surface area contributed by atoms with E-state index in [9.17, 15) is 9.59 Å². The maximum Gasteiger partial charge on any atom is 0.412 e. The Bertz CT molecular complexity index is 520. The summed E-state index contributed by atoms with van der Waals surface area (Å²) in [5.41, 5.74) is 0.893. The molecule has 5 nitrogen and oxygen atoms in total. The number of carbonyl (C=O) groups is 2. The minimum atomic E-state index is -0.535. The second-order valence-corrected chi connectivity index (χ2v) is 5.83. The summed E-state index contributed by atoms with van der Waals surface area (Å²) in [6, 6.07) is 7.23. The van der Waals surface area contributed by atoms with Crippen molar-refractivity contribution in [3.05, 3.63) is 24.3 Å². The molecule has 20 heavy (non-hydrogen) atoms.